The van der Waals surface area contributed by atoms with Crippen molar-refractivity contribution in [3.63, 3.8) is 0 Å². The maximum absolute atomic E-state index is 6.51. The third-order valence-electron chi connectivity index (χ3n) is 9.04. The van der Waals surface area contributed by atoms with E-state index in [-0.39, 0.29) is 25.5 Å². The Morgan fingerprint density at radius 2 is 1.53 bits per heavy atom. The molecule has 0 aliphatic carbocycles. The first-order valence-electron chi connectivity index (χ1n) is 17.1. The third-order valence-corrected chi connectivity index (χ3v) is 10.5. The van der Waals surface area contributed by atoms with Crippen LogP contribution in [0.1, 0.15) is 67.8 Å². The summed E-state index contributed by atoms with van der Waals surface area (Å²) >= 11 is 1.77. The molecule has 0 spiro atoms. The van der Waals surface area contributed by atoms with Gasteiger partial charge in [-0.3, -0.25) is 0 Å². The zero-order chi connectivity index (χ0) is 35.2. The molecular formula is C45H41IrN3OS-2. The standard InChI is InChI=1S/C33H31N2OS.C12H10N.Ir/c1-18(2)25-17-34-26(14-24(25)30-19(3)10-8-11-20(30)4)22-13-9-12-21-23-15-29-27(16-28(23)36-31(21)22)35-32(37-29)33(5,6)7;1-10-7-8-12(13-9-10)11-5-3-2-4-6-11;/h8-12,14-18H,1-7H3;2-5,7-9H,1H3;/q2*-1;. The molecule has 8 rings (SSSR count). The van der Waals surface area contributed by atoms with Crippen molar-refractivity contribution in [1.82, 2.24) is 15.0 Å². The van der Waals surface area contributed by atoms with Crippen LogP contribution in [0.3, 0.4) is 0 Å². The van der Waals surface area contributed by atoms with Crippen LogP contribution in [-0.2, 0) is 25.5 Å². The molecule has 0 unspecified atom stereocenters. The molecule has 51 heavy (non-hydrogen) atoms. The van der Waals surface area contributed by atoms with E-state index in [0.717, 1.165) is 55.0 Å². The number of fused-ring (bicyclic) bond motifs is 4. The van der Waals surface area contributed by atoms with Crippen LogP contribution in [0.25, 0.3) is 65.8 Å². The maximum atomic E-state index is 6.51. The van der Waals surface area contributed by atoms with E-state index in [0.29, 0.717) is 5.92 Å². The van der Waals surface area contributed by atoms with Crippen molar-refractivity contribution in [2.45, 2.75) is 66.7 Å². The Balaban J connectivity index is 0.000000269. The largest absolute Gasteiger partial charge is 0.501 e. The van der Waals surface area contributed by atoms with Gasteiger partial charge in [-0.2, -0.15) is 0 Å². The van der Waals surface area contributed by atoms with E-state index >= 15 is 0 Å². The minimum Gasteiger partial charge on any atom is -0.501 e. The zero-order valence-electron chi connectivity index (χ0n) is 30.3. The van der Waals surface area contributed by atoms with E-state index in [2.05, 4.69) is 114 Å². The van der Waals surface area contributed by atoms with Crippen LogP contribution in [0.5, 0.6) is 0 Å². The molecule has 4 heterocycles. The predicted octanol–water partition coefficient (Wildman–Crippen LogP) is 12.6. The number of hydrogen-bond acceptors (Lipinski definition) is 5. The van der Waals surface area contributed by atoms with Gasteiger partial charge in [-0.25, -0.2) is 4.98 Å². The van der Waals surface area contributed by atoms with Gasteiger partial charge in [0.2, 0.25) is 0 Å². The van der Waals surface area contributed by atoms with Crippen LogP contribution in [0, 0.1) is 32.9 Å². The Bertz CT molecular complexity index is 2450. The Labute approximate surface area is 318 Å². The smallest absolute Gasteiger partial charge is 0.123 e. The van der Waals surface area contributed by atoms with E-state index in [1.54, 1.807) is 11.3 Å². The van der Waals surface area contributed by atoms with Crippen LogP contribution in [0.4, 0.5) is 0 Å². The Hall–Kier alpha value is -4.48. The number of hydrogen-bond donors (Lipinski definition) is 0. The summed E-state index contributed by atoms with van der Waals surface area (Å²) in [6, 6.07) is 35.6. The van der Waals surface area contributed by atoms with Crippen molar-refractivity contribution in [1.29, 1.82) is 0 Å². The molecule has 1 radical (unpaired) electrons. The molecule has 4 nitrogen and oxygen atoms in total. The van der Waals surface area contributed by atoms with Gasteiger partial charge in [-0.05, 0) is 77.5 Å². The molecule has 6 heteroatoms. The first-order chi connectivity index (χ1) is 24.0. The maximum Gasteiger partial charge on any atom is 0.123 e. The first kappa shape index (κ1) is 36.3. The molecule has 8 aromatic rings. The van der Waals surface area contributed by atoms with Gasteiger partial charge in [0, 0.05) is 49.4 Å². The summed E-state index contributed by atoms with van der Waals surface area (Å²) in [5.41, 5.74) is 14.0. The van der Waals surface area contributed by atoms with Crippen molar-refractivity contribution in [3.8, 4) is 33.6 Å². The number of pyridine rings is 2. The van der Waals surface area contributed by atoms with Gasteiger partial charge in [0.25, 0.3) is 0 Å². The fourth-order valence-electron chi connectivity index (χ4n) is 6.37. The fourth-order valence-corrected chi connectivity index (χ4v) is 7.42. The van der Waals surface area contributed by atoms with Crippen LogP contribution < -0.4 is 0 Å². The van der Waals surface area contributed by atoms with Crippen molar-refractivity contribution in [2.24, 2.45) is 0 Å². The fraction of sp³-hybridized carbons (Fsp3) is 0.222. The molecule has 4 aromatic heterocycles. The summed E-state index contributed by atoms with van der Waals surface area (Å²) in [6.45, 7) is 17.5. The van der Waals surface area contributed by atoms with E-state index in [1.165, 1.54) is 38.1 Å². The topological polar surface area (TPSA) is 51.8 Å². The second kappa shape index (κ2) is 14.6. The Morgan fingerprint density at radius 1 is 0.765 bits per heavy atom. The van der Waals surface area contributed by atoms with Crippen molar-refractivity contribution < 1.29 is 24.5 Å². The molecule has 259 valence electrons. The number of rotatable bonds is 4. The van der Waals surface area contributed by atoms with Gasteiger partial charge in [-0.1, -0.05) is 82.0 Å². The molecule has 0 saturated heterocycles. The normalized spacial score (nSPS) is 11.5. The van der Waals surface area contributed by atoms with Crippen LogP contribution in [0.2, 0.25) is 0 Å². The first-order valence-corrected chi connectivity index (χ1v) is 17.9. The predicted molar refractivity (Wildman–Crippen MR) is 210 cm³/mol. The molecule has 0 fully saturated rings. The summed E-state index contributed by atoms with van der Waals surface area (Å²) in [5, 5.41) is 3.33. The number of aryl methyl sites for hydroxylation is 3. The van der Waals surface area contributed by atoms with Gasteiger partial charge in [0.1, 0.15) is 5.58 Å². The molecule has 4 aromatic carbocycles. The Kier molecular flexibility index (Phi) is 10.4. The van der Waals surface area contributed by atoms with E-state index in [9.17, 15) is 0 Å². The molecule has 0 aliphatic heterocycles. The van der Waals surface area contributed by atoms with E-state index in [4.69, 9.17) is 14.4 Å². The van der Waals surface area contributed by atoms with E-state index < -0.39 is 0 Å². The molecule has 0 bridgehead atoms. The SMILES string of the molecule is Cc1ccc(-c2[c-]cccc2)nc1.Cc1cccc(C)c1-c1cc(-c2[c-]ccc3c2oc2cc4nc(C(C)(C)C)sc4cc23)ncc1C(C)C.[Ir]. The second-order valence-electron chi connectivity index (χ2n) is 14.4. The second-order valence-corrected chi connectivity index (χ2v) is 15.4. The minimum absolute atomic E-state index is 0. The van der Waals surface area contributed by atoms with Gasteiger partial charge in [0.05, 0.1) is 20.8 Å². The molecule has 0 N–H and O–H groups in total. The number of aromatic nitrogens is 3. The van der Waals surface area contributed by atoms with E-state index in [1.807, 2.05) is 55.7 Å². The summed E-state index contributed by atoms with van der Waals surface area (Å²) in [7, 11) is 0. The average molecular weight is 864 g/mol. The van der Waals surface area contributed by atoms with Crippen molar-refractivity contribution in [2.75, 3.05) is 0 Å². The van der Waals surface area contributed by atoms with Gasteiger partial charge in [-0.15, -0.1) is 65.4 Å². The molecule has 0 amide bonds. The number of nitrogens with zero attached hydrogens (tertiary/aromatic N) is 3. The van der Waals surface area contributed by atoms with Crippen molar-refractivity contribution in [3.05, 3.63) is 137 Å². The number of benzene rings is 4. The third kappa shape index (κ3) is 7.32. The van der Waals surface area contributed by atoms with Crippen LogP contribution in [0.15, 0.2) is 102 Å². The number of thiazole rings is 1. The summed E-state index contributed by atoms with van der Waals surface area (Å²) < 4.78 is 7.69. The van der Waals surface area contributed by atoms with Crippen molar-refractivity contribution >= 4 is 43.5 Å². The summed E-state index contributed by atoms with van der Waals surface area (Å²) in [4.78, 5) is 14.1. The Morgan fingerprint density at radius 3 is 2.20 bits per heavy atom. The molecule has 0 atom stereocenters. The quantitative estimate of drug-likeness (QED) is 0.165. The minimum atomic E-state index is 0. The van der Waals surface area contributed by atoms with Gasteiger partial charge < -0.3 is 14.4 Å². The summed E-state index contributed by atoms with van der Waals surface area (Å²) in [5.74, 6) is 0.361. The average Bonchev–Trinajstić information content (AvgIpc) is 3.69. The van der Waals surface area contributed by atoms with Gasteiger partial charge >= 0.3 is 0 Å². The van der Waals surface area contributed by atoms with Crippen LogP contribution in [-0.4, -0.2) is 15.0 Å². The molecular weight excluding hydrogens is 823 g/mol. The van der Waals surface area contributed by atoms with Gasteiger partial charge in [0.15, 0.2) is 0 Å². The zero-order valence-corrected chi connectivity index (χ0v) is 33.5. The molecule has 0 aliphatic rings. The van der Waals surface area contributed by atoms with Crippen LogP contribution >= 0.6 is 11.3 Å². The summed E-state index contributed by atoms with van der Waals surface area (Å²) in [6.07, 6.45) is 3.90. The number of furan rings is 1. The monoisotopic (exact) mass is 864 g/mol. The molecule has 0 saturated carbocycles.